The van der Waals surface area contributed by atoms with Gasteiger partial charge in [0.15, 0.2) is 0 Å². The summed E-state index contributed by atoms with van der Waals surface area (Å²) in [6.07, 6.45) is -5.08. The molecule has 1 aliphatic heterocycles. The number of nitrogens with one attached hydrogen (secondary N) is 3. The molecule has 204 valence electrons. The zero-order valence-electron chi connectivity index (χ0n) is 20.4. The molecule has 0 radical (unpaired) electrons. The Kier molecular flexibility index (Phi) is 10.1. The summed E-state index contributed by atoms with van der Waals surface area (Å²) in [7, 11) is -2.32. The minimum Gasteiger partial charge on any atom is -0.497 e. The highest BCUT2D eigenvalue weighted by Gasteiger charge is 2.38. The largest absolute Gasteiger partial charge is 0.497 e. The van der Waals surface area contributed by atoms with Gasteiger partial charge in [0.2, 0.25) is 0 Å². The average Bonchev–Trinajstić information content (AvgIpc) is 2.83. The molecule has 1 saturated heterocycles. The number of carbonyl (C=O) groups excluding carboxylic acids is 1. The molecule has 0 atom stereocenters. The predicted octanol–water partition coefficient (Wildman–Crippen LogP) is 2.68. The van der Waals surface area contributed by atoms with Crippen molar-refractivity contribution in [2.75, 3.05) is 42.9 Å². The van der Waals surface area contributed by atoms with E-state index < -0.39 is 22.2 Å². The molecular formula is C23H29F3N4O6S. The van der Waals surface area contributed by atoms with Crippen LogP contribution in [0.5, 0.6) is 5.75 Å². The second-order valence-electron chi connectivity index (χ2n) is 8.18. The molecule has 0 spiro atoms. The van der Waals surface area contributed by atoms with Crippen LogP contribution in [0.3, 0.4) is 0 Å². The Balaban J connectivity index is 0.000000604. The number of piperazine rings is 1. The molecule has 0 aliphatic carbocycles. The number of alkyl halides is 3. The van der Waals surface area contributed by atoms with Crippen molar-refractivity contribution in [3.05, 3.63) is 48.0 Å². The molecule has 0 saturated carbocycles. The van der Waals surface area contributed by atoms with Crippen molar-refractivity contribution in [1.29, 1.82) is 0 Å². The standard InChI is InChI=1S/C21H28N4O4S.C2HF3O2/c1-15(2)23-21(26)16-4-9-20(25-12-10-22-11-13-25)19(14-16)24-30(27,28)18-7-5-17(29-3)6-8-18;3-2(4,5)1(6)7/h4-9,14-15,22,24H,10-13H2,1-3H3,(H,23,26);(H,6,7). The normalized spacial score (nSPS) is 13.9. The summed E-state index contributed by atoms with van der Waals surface area (Å²) < 4.78 is 65.5. The van der Waals surface area contributed by atoms with Crippen LogP contribution in [0.2, 0.25) is 0 Å². The molecule has 0 unspecified atom stereocenters. The Labute approximate surface area is 212 Å². The number of ether oxygens (including phenoxy) is 1. The second kappa shape index (κ2) is 12.6. The number of carboxylic acids is 1. The predicted molar refractivity (Wildman–Crippen MR) is 132 cm³/mol. The number of benzene rings is 2. The third-order valence-electron chi connectivity index (χ3n) is 4.99. The van der Waals surface area contributed by atoms with Crippen molar-refractivity contribution in [2.24, 2.45) is 0 Å². The van der Waals surface area contributed by atoms with E-state index in [1.54, 1.807) is 30.3 Å². The fourth-order valence-electron chi connectivity index (χ4n) is 3.24. The highest BCUT2D eigenvalue weighted by molar-refractivity contribution is 7.92. The van der Waals surface area contributed by atoms with Gasteiger partial charge >= 0.3 is 12.1 Å². The third kappa shape index (κ3) is 8.82. The van der Waals surface area contributed by atoms with Gasteiger partial charge in [0.1, 0.15) is 5.75 Å². The quantitative estimate of drug-likeness (QED) is 0.416. The number of sulfonamides is 1. The summed E-state index contributed by atoms with van der Waals surface area (Å²) in [6.45, 7) is 6.85. The Morgan fingerprint density at radius 1 is 1.08 bits per heavy atom. The van der Waals surface area contributed by atoms with Gasteiger partial charge in [-0.25, -0.2) is 13.2 Å². The number of methoxy groups -OCH3 is 1. The zero-order valence-corrected chi connectivity index (χ0v) is 21.2. The minimum absolute atomic E-state index is 0.0233. The summed E-state index contributed by atoms with van der Waals surface area (Å²) in [6, 6.07) is 11.3. The number of anilines is 2. The maximum Gasteiger partial charge on any atom is 0.490 e. The van der Waals surface area contributed by atoms with Gasteiger partial charge in [-0.05, 0) is 56.3 Å². The summed E-state index contributed by atoms with van der Waals surface area (Å²) in [5, 5.41) is 13.2. The summed E-state index contributed by atoms with van der Waals surface area (Å²) in [5.74, 6) is -2.43. The second-order valence-corrected chi connectivity index (χ2v) is 9.86. The first-order valence-corrected chi connectivity index (χ1v) is 12.6. The highest BCUT2D eigenvalue weighted by atomic mass is 32.2. The number of rotatable bonds is 7. The van der Waals surface area contributed by atoms with E-state index in [9.17, 15) is 26.4 Å². The maximum absolute atomic E-state index is 13.0. The molecule has 37 heavy (non-hydrogen) atoms. The van der Waals surface area contributed by atoms with Crippen LogP contribution in [0.25, 0.3) is 0 Å². The number of amides is 1. The Bertz CT molecular complexity index is 1180. The van der Waals surface area contributed by atoms with Crippen LogP contribution in [0.1, 0.15) is 24.2 Å². The lowest BCUT2D eigenvalue weighted by molar-refractivity contribution is -0.192. The molecule has 0 bridgehead atoms. The number of aliphatic carboxylic acids is 1. The lowest BCUT2D eigenvalue weighted by Gasteiger charge is -2.31. The van der Waals surface area contributed by atoms with E-state index in [2.05, 4.69) is 20.3 Å². The molecule has 2 aromatic carbocycles. The monoisotopic (exact) mass is 546 g/mol. The first kappa shape index (κ1) is 29.7. The molecule has 14 heteroatoms. The van der Waals surface area contributed by atoms with Gasteiger partial charge in [0, 0.05) is 37.8 Å². The number of nitrogens with zero attached hydrogens (tertiary/aromatic N) is 1. The minimum atomic E-state index is -5.08. The Morgan fingerprint density at radius 2 is 1.65 bits per heavy atom. The molecule has 2 aromatic rings. The van der Waals surface area contributed by atoms with Gasteiger partial charge in [0.05, 0.1) is 23.4 Å². The van der Waals surface area contributed by atoms with Gasteiger partial charge in [0.25, 0.3) is 15.9 Å². The van der Waals surface area contributed by atoms with Crippen molar-refractivity contribution >= 4 is 33.3 Å². The lowest BCUT2D eigenvalue weighted by atomic mass is 10.1. The van der Waals surface area contributed by atoms with Gasteiger partial charge in [-0.1, -0.05) is 0 Å². The molecule has 1 amide bonds. The van der Waals surface area contributed by atoms with Crippen molar-refractivity contribution in [2.45, 2.75) is 31.0 Å². The van der Waals surface area contributed by atoms with Crippen molar-refractivity contribution in [3.8, 4) is 5.75 Å². The molecule has 10 nitrogen and oxygen atoms in total. The van der Waals surface area contributed by atoms with Crippen LogP contribution in [-0.2, 0) is 14.8 Å². The van der Waals surface area contributed by atoms with Crippen LogP contribution in [0, 0.1) is 0 Å². The van der Waals surface area contributed by atoms with E-state index in [0.717, 1.165) is 31.9 Å². The smallest absolute Gasteiger partial charge is 0.490 e. The molecule has 4 N–H and O–H groups in total. The van der Waals surface area contributed by atoms with Crippen LogP contribution in [0.4, 0.5) is 24.5 Å². The first-order chi connectivity index (χ1) is 17.2. The molecule has 1 heterocycles. The van der Waals surface area contributed by atoms with Crippen LogP contribution < -0.4 is 25.0 Å². The van der Waals surface area contributed by atoms with Crippen molar-refractivity contribution in [3.63, 3.8) is 0 Å². The van der Waals surface area contributed by atoms with Gasteiger partial charge in [-0.2, -0.15) is 13.2 Å². The number of hydrogen-bond acceptors (Lipinski definition) is 7. The van der Waals surface area contributed by atoms with Crippen LogP contribution in [0.15, 0.2) is 47.4 Å². The van der Waals surface area contributed by atoms with Gasteiger partial charge < -0.3 is 25.4 Å². The maximum atomic E-state index is 13.0. The van der Waals surface area contributed by atoms with E-state index in [0.29, 0.717) is 17.0 Å². The van der Waals surface area contributed by atoms with E-state index in [1.807, 2.05) is 13.8 Å². The van der Waals surface area contributed by atoms with Crippen LogP contribution in [-0.4, -0.2) is 70.9 Å². The lowest BCUT2D eigenvalue weighted by Crippen LogP contribution is -2.43. The fourth-order valence-corrected chi connectivity index (χ4v) is 4.31. The topological polar surface area (TPSA) is 137 Å². The average molecular weight is 547 g/mol. The SMILES string of the molecule is COc1ccc(S(=O)(=O)Nc2cc(C(=O)NC(C)C)ccc2N2CCNCC2)cc1.O=C(O)C(F)(F)F. The van der Waals surface area contributed by atoms with Crippen molar-refractivity contribution < 1.29 is 41.0 Å². The fraction of sp³-hybridized carbons (Fsp3) is 0.391. The summed E-state index contributed by atoms with van der Waals surface area (Å²) in [5.41, 5.74) is 1.52. The zero-order chi connectivity index (χ0) is 27.8. The number of carboxylic acid groups (broad SMARTS) is 1. The van der Waals surface area contributed by atoms with E-state index in [1.165, 1.54) is 19.2 Å². The first-order valence-electron chi connectivity index (χ1n) is 11.1. The van der Waals surface area contributed by atoms with Gasteiger partial charge in [-0.15, -0.1) is 0 Å². The number of hydrogen-bond donors (Lipinski definition) is 4. The highest BCUT2D eigenvalue weighted by Crippen LogP contribution is 2.30. The van der Waals surface area contributed by atoms with E-state index in [4.69, 9.17) is 14.6 Å². The summed E-state index contributed by atoms with van der Waals surface area (Å²) in [4.78, 5) is 23.6. The van der Waals surface area contributed by atoms with Crippen LogP contribution >= 0.6 is 0 Å². The number of carbonyl (C=O) groups is 2. The van der Waals surface area contributed by atoms with Gasteiger partial charge in [-0.3, -0.25) is 9.52 Å². The third-order valence-corrected chi connectivity index (χ3v) is 6.37. The van der Waals surface area contributed by atoms with Crippen molar-refractivity contribution in [1.82, 2.24) is 10.6 Å². The van der Waals surface area contributed by atoms with E-state index in [-0.39, 0.29) is 16.8 Å². The molecule has 0 aromatic heterocycles. The molecular weight excluding hydrogens is 517 g/mol. The van der Waals surface area contributed by atoms with E-state index >= 15 is 0 Å². The number of halogens is 3. The Hall–Kier alpha value is -3.52. The molecule has 3 rings (SSSR count). The molecule has 1 fully saturated rings. The molecule has 1 aliphatic rings. The summed E-state index contributed by atoms with van der Waals surface area (Å²) >= 11 is 0. The Morgan fingerprint density at radius 3 is 2.14 bits per heavy atom.